The fourth-order valence-corrected chi connectivity index (χ4v) is 3.71. The van der Waals surface area contributed by atoms with Crippen LogP contribution in [0.25, 0.3) is 0 Å². The van der Waals surface area contributed by atoms with E-state index in [1.165, 1.54) is 11.2 Å². The predicted molar refractivity (Wildman–Crippen MR) is 94.9 cm³/mol. The zero-order valence-electron chi connectivity index (χ0n) is 15.1. The zero-order chi connectivity index (χ0) is 19.4. The minimum atomic E-state index is -1.13. The van der Waals surface area contributed by atoms with Crippen molar-refractivity contribution in [2.45, 2.75) is 62.9 Å². The van der Waals surface area contributed by atoms with E-state index in [0.29, 0.717) is 37.9 Å². The standard InChI is InChI=1S/C17H26N6O4/c18-15(25)13-4-2-6-23(13)17(27)12(7-10-8-19-9-20-10)22-16(26)11-3-1-5-14(24)21-11/h8-9,11-13,15,25H,1-7,18H2,(H,19,20)(H,21,24)(H,22,26). The third-order valence-electron chi connectivity index (χ3n) is 5.12. The smallest absolute Gasteiger partial charge is 0.245 e. The van der Waals surface area contributed by atoms with Gasteiger partial charge in [0.25, 0.3) is 0 Å². The lowest BCUT2D eigenvalue weighted by molar-refractivity contribution is -0.139. The van der Waals surface area contributed by atoms with Gasteiger partial charge >= 0.3 is 0 Å². The average molecular weight is 378 g/mol. The summed E-state index contributed by atoms with van der Waals surface area (Å²) in [6, 6.07) is -1.94. The van der Waals surface area contributed by atoms with E-state index in [4.69, 9.17) is 5.73 Å². The van der Waals surface area contributed by atoms with E-state index in [1.807, 2.05) is 0 Å². The van der Waals surface area contributed by atoms with Gasteiger partial charge in [0, 0.05) is 31.3 Å². The SMILES string of the molecule is NC(O)C1CCCN1C(=O)C(Cc1cnc[nH]1)NC(=O)C1CCCC(=O)N1. The molecule has 6 N–H and O–H groups in total. The van der Waals surface area contributed by atoms with Crippen LogP contribution < -0.4 is 16.4 Å². The third-order valence-corrected chi connectivity index (χ3v) is 5.12. The molecule has 0 spiro atoms. The number of nitrogens with zero attached hydrogens (tertiary/aromatic N) is 2. The number of hydrogen-bond donors (Lipinski definition) is 5. The second-order valence-corrected chi connectivity index (χ2v) is 7.09. The van der Waals surface area contributed by atoms with E-state index >= 15 is 0 Å². The molecule has 1 aromatic heterocycles. The monoisotopic (exact) mass is 378 g/mol. The second-order valence-electron chi connectivity index (χ2n) is 7.09. The minimum absolute atomic E-state index is 0.163. The van der Waals surface area contributed by atoms with Gasteiger partial charge in [0.15, 0.2) is 0 Å². The summed E-state index contributed by atoms with van der Waals surface area (Å²) in [4.78, 5) is 45.7. The molecule has 0 radical (unpaired) electrons. The first-order chi connectivity index (χ1) is 13.0. The van der Waals surface area contributed by atoms with Crippen molar-refractivity contribution in [3.05, 3.63) is 18.2 Å². The molecule has 3 heterocycles. The Morgan fingerprint density at radius 3 is 2.89 bits per heavy atom. The molecule has 148 valence electrons. The highest BCUT2D eigenvalue weighted by Gasteiger charge is 2.37. The molecule has 2 aliphatic rings. The number of carbonyl (C=O) groups is 3. The third kappa shape index (κ3) is 4.64. The fourth-order valence-electron chi connectivity index (χ4n) is 3.71. The van der Waals surface area contributed by atoms with E-state index in [-0.39, 0.29) is 24.1 Å². The number of likely N-dealkylation sites (tertiary alicyclic amines) is 1. The Balaban J connectivity index is 1.73. The normalized spacial score (nSPS) is 25.0. The number of carbonyl (C=O) groups excluding carboxylic acids is 3. The van der Waals surface area contributed by atoms with Gasteiger partial charge in [-0.1, -0.05) is 0 Å². The molecule has 0 saturated carbocycles. The molecule has 3 rings (SSSR count). The van der Waals surface area contributed by atoms with Crippen LogP contribution in [0.3, 0.4) is 0 Å². The number of aliphatic hydroxyl groups is 1. The maximum Gasteiger partial charge on any atom is 0.245 e. The van der Waals surface area contributed by atoms with Crippen molar-refractivity contribution in [2.75, 3.05) is 6.54 Å². The number of aromatic nitrogens is 2. The Morgan fingerprint density at radius 1 is 1.41 bits per heavy atom. The van der Waals surface area contributed by atoms with Crippen molar-refractivity contribution in [3.63, 3.8) is 0 Å². The molecule has 0 bridgehead atoms. The second kappa shape index (κ2) is 8.49. The molecular weight excluding hydrogens is 352 g/mol. The molecule has 4 atom stereocenters. The number of piperidine rings is 1. The summed E-state index contributed by atoms with van der Waals surface area (Å²) < 4.78 is 0. The van der Waals surface area contributed by atoms with Gasteiger partial charge in [-0.3, -0.25) is 14.4 Å². The summed E-state index contributed by atoms with van der Waals surface area (Å²) >= 11 is 0. The Hall–Kier alpha value is -2.46. The van der Waals surface area contributed by atoms with E-state index in [9.17, 15) is 19.5 Å². The van der Waals surface area contributed by atoms with Crippen molar-refractivity contribution in [3.8, 4) is 0 Å². The highest BCUT2D eigenvalue weighted by atomic mass is 16.3. The topological polar surface area (TPSA) is 153 Å². The summed E-state index contributed by atoms with van der Waals surface area (Å²) in [7, 11) is 0. The number of aliphatic hydroxyl groups excluding tert-OH is 1. The maximum atomic E-state index is 13.1. The molecule has 2 aliphatic heterocycles. The highest BCUT2D eigenvalue weighted by Crippen LogP contribution is 2.20. The van der Waals surface area contributed by atoms with E-state index in [0.717, 1.165) is 6.42 Å². The molecule has 2 saturated heterocycles. The van der Waals surface area contributed by atoms with Crippen LogP contribution in [0.5, 0.6) is 0 Å². The number of hydrogen-bond acceptors (Lipinski definition) is 6. The summed E-state index contributed by atoms with van der Waals surface area (Å²) in [5.74, 6) is -0.847. The number of nitrogens with two attached hydrogens (primary N) is 1. The molecule has 10 heteroatoms. The van der Waals surface area contributed by atoms with Crippen LogP contribution in [0.1, 0.15) is 37.8 Å². The van der Waals surface area contributed by atoms with Gasteiger partial charge in [-0.15, -0.1) is 0 Å². The number of rotatable bonds is 6. The number of aromatic amines is 1. The first-order valence-corrected chi connectivity index (χ1v) is 9.27. The lowest BCUT2D eigenvalue weighted by Gasteiger charge is -2.31. The van der Waals surface area contributed by atoms with E-state index in [2.05, 4.69) is 20.6 Å². The number of amides is 3. The first-order valence-electron chi connectivity index (χ1n) is 9.27. The Morgan fingerprint density at radius 2 is 2.22 bits per heavy atom. The van der Waals surface area contributed by atoms with Crippen LogP contribution in [0.2, 0.25) is 0 Å². The van der Waals surface area contributed by atoms with Gasteiger partial charge in [-0.05, 0) is 25.7 Å². The summed E-state index contributed by atoms with van der Waals surface area (Å²) in [6.45, 7) is 0.479. The van der Waals surface area contributed by atoms with Gasteiger partial charge in [0.1, 0.15) is 18.3 Å². The molecule has 10 nitrogen and oxygen atoms in total. The Kier molecular flexibility index (Phi) is 6.07. The number of nitrogens with one attached hydrogen (secondary N) is 3. The van der Waals surface area contributed by atoms with Gasteiger partial charge in [0.05, 0.1) is 12.4 Å². The lowest BCUT2D eigenvalue weighted by atomic mass is 10.0. The van der Waals surface area contributed by atoms with Crippen LogP contribution in [-0.4, -0.2) is 68.6 Å². The van der Waals surface area contributed by atoms with Crippen molar-refractivity contribution in [2.24, 2.45) is 5.73 Å². The first kappa shape index (κ1) is 19.3. The van der Waals surface area contributed by atoms with Crippen LogP contribution in [0, 0.1) is 0 Å². The largest absolute Gasteiger partial charge is 0.377 e. The fraction of sp³-hybridized carbons (Fsp3) is 0.647. The quantitative estimate of drug-likeness (QED) is 0.375. The van der Waals surface area contributed by atoms with E-state index in [1.54, 1.807) is 6.20 Å². The molecule has 4 unspecified atom stereocenters. The van der Waals surface area contributed by atoms with Crippen molar-refractivity contribution in [1.82, 2.24) is 25.5 Å². The Labute approximate surface area is 156 Å². The average Bonchev–Trinajstić information content (AvgIpc) is 3.32. The lowest BCUT2D eigenvalue weighted by Crippen LogP contribution is -2.58. The molecule has 1 aromatic rings. The predicted octanol–water partition coefficient (Wildman–Crippen LogP) is -1.63. The van der Waals surface area contributed by atoms with Gasteiger partial charge in [0.2, 0.25) is 17.7 Å². The number of H-pyrrole nitrogens is 1. The van der Waals surface area contributed by atoms with Crippen LogP contribution in [0.15, 0.2) is 12.5 Å². The molecule has 0 aliphatic carbocycles. The maximum absolute atomic E-state index is 13.1. The summed E-state index contributed by atoms with van der Waals surface area (Å²) in [5, 5.41) is 15.2. The van der Waals surface area contributed by atoms with Crippen LogP contribution in [-0.2, 0) is 20.8 Å². The molecule has 0 aromatic carbocycles. The number of imidazole rings is 1. The molecule has 27 heavy (non-hydrogen) atoms. The van der Waals surface area contributed by atoms with Crippen LogP contribution in [0.4, 0.5) is 0 Å². The van der Waals surface area contributed by atoms with Crippen molar-refractivity contribution in [1.29, 1.82) is 0 Å². The van der Waals surface area contributed by atoms with E-state index < -0.39 is 24.4 Å². The van der Waals surface area contributed by atoms with Gasteiger partial charge in [-0.25, -0.2) is 4.98 Å². The zero-order valence-corrected chi connectivity index (χ0v) is 15.1. The minimum Gasteiger partial charge on any atom is -0.377 e. The summed E-state index contributed by atoms with van der Waals surface area (Å²) in [6.07, 6.45) is 5.14. The summed E-state index contributed by atoms with van der Waals surface area (Å²) in [5.41, 5.74) is 6.31. The van der Waals surface area contributed by atoms with Crippen molar-refractivity contribution >= 4 is 17.7 Å². The van der Waals surface area contributed by atoms with Gasteiger partial charge in [-0.2, -0.15) is 0 Å². The highest BCUT2D eigenvalue weighted by molar-refractivity contribution is 5.93. The Bertz CT molecular complexity index is 677. The molecular formula is C17H26N6O4. The van der Waals surface area contributed by atoms with Crippen LogP contribution >= 0.6 is 0 Å². The molecule has 2 fully saturated rings. The van der Waals surface area contributed by atoms with Gasteiger partial charge < -0.3 is 31.4 Å². The molecule has 3 amide bonds. The van der Waals surface area contributed by atoms with Crippen molar-refractivity contribution < 1.29 is 19.5 Å².